The number of rotatable bonds is 10. The van der Waals surface area contributed by atoms with E-state index in [4.69, 9.17) is 21.4 Å². The number of fused-ring (bicyclic) bond motifs is 1. The van der Waals surface area contributed by atoms with Gasteiger partial charge < -0.3 is 4.74 Å². The number of nitrogens with zero attached hydrogens (tertiary/aromatic N) is 4. The van der Waals surface area contributed by atoms with E-state index in [2.05, 4.69) is 9.62 Å². The topological polar surface area (TPSA) is 114 Å². The van der Waals surface area contributed by atoms with Crippen LogP contribution in [0.25, 0.3) is 11.3 Å². The molecule has 0 amide bonds. The van der Waals surface area contributed by atoms with E-state index in [-0.39, 0.29) is 18.0 Å². The number of nitrogens with one attached hydrogen (secondary N) is 1. The van der Waals surface area contributed by atoms with Gasteiger partial charge in [-0.3, -0.25) is 9.58 Å². The minimum atomic E-state index is -3.72. The van der Waals surface area contributed by atoms with Crippen molar-refractivity contribution in [3.63, 3.8) is 0 Å². The molecule has 5 rings (SSSR count). The van der Waals surface area contributed by atoms with Gasteiger partial charge in [-0.2, -0.15) is 9.40 Å². The molecule has 0 atom stereocenters. The Morgan fingerprint density at radius 3 is 2.48 bits per heavy atom. The van der Waals surface area contributed by atoms with Crippen LogP contribution in [0.3, 0.4) is 0 Å². The first-order chi connectivity index (χ1) is 19.1. The van der Waals surface area contributed by atoms with Gasteiger partial charge >= 0.3 is 0 Å². The molecule has 0 spiro atoms. The first-order valence-electron chi connectivity index (χ1n) is 13.3. The van der Waals surface area contributed by atoms with Gasteiger partial charge in [-0.1, -0.05) is 35.9 Å². The van der Waals surface area contributed by atoms with E-state index in [9.17, 15) is 16.8 Å². The van der Waals surface area contributed by atoms with Crippen LogP contribution < -0.4 is 4.72 Å². The van der Waals surface area contributed by atoms with Crippen molar-refractivity contribution >= 4 is 31.6 Å². The van der Waals surface area contributed by atoms with Crippen LogP contribution in [0.5, 0.6) is 0 Å². The fraction of sp³-hybridized carbons (Fsp3) is 0.444. The lowest BCUT2D eigenvalue weighted by Gasteiger charge is -2.27. The summed E-state index contributed by atoms with van der Waals surface area (Å²) in [6, 6.07) is 13.6. The highest BCUT2D eigenvalue weighted by molar-refractivity contribution is 7.89. The Morgan fingerprint density at radius 2 is 1.75 bits per heavy atom. The lowest BCUT2D eigenvalue weighted by Crippen LogP contribution is -2.37. The Balaban J connectivity index is 1.41. The van der Waals surface area contributed by atoms with E-state index < -0.39 is 20.0 Å². The molecule has 1 aromatic heterocycles. The molecule has 10 nitrogen and oxygen atoms in total. The van der Waals surface area contributed by atoms with Gasteiger partial charge in [0, 0.05) is 74.1 Å². The summed E-state index contributed by atoms with van der Waals surface area (Å²) < 4.78 is 61.9. The summed E-state index contributed by atoms with van der Waals surface area (Å²) in [6.45, 7) is 5.67. The Kier molecular flexibility index (Phi) is 8.95. The predicted molar refractivity (Wildman–Crippen MR) is 154 cm³/mol. The predicted octanol–water partition coefficient (Wildman–Crippen LogP) is 2.72. The van der Waals surface area contributed by atoms with Crippen molar-refractivity contribution in [1.82, 2.24) is 23.7 Å². The Labute approximate surface area is 241 Å². The number of aromatic nitrogens is 2. The highest BCUT2D eigenvalue weighted by Gasteiger charge is 2.30. The maximum atomic E-state index is 12.8. The van der Waals surface area contributed by atoms with Gasteiger partial charge in [0.2, 0.25) is 20.0 Å². The summed E-state index contributed by atoms with van der Waals surface area (Å²) in [7, 11) is -7.10. The molecule has 216 valence electrons. The maximum Gasteiger partial charge on any atom is 0.240 e. The van der Waals surface area contributed by atoms with Crippen LogP contribution in [0.15, 0.2) is 53.4 Å². The van der Waals surface area contributed by atoms with Gasteiger partial charge in [0.15, 0.2) is 0 Å². The van der Waals surface area contributed by atoms with Crippen molar-refractivity contribution in [3.05, 3.63) is 70.4 Å². The molecule has 0 saturated carbocycles. The number of morpholine rings is 1. The van der Waals surface area contributed by atoms with E-state index >= 15 is 0 Å². The molecule has 13 heteroatoms. The molecule has 1 fully saturated rings. The third-order valence-corrected chi connectivity index (χ3v) is 10.4. The number of ether oxygens (including phenoxy) is 1. The molecule has 0 aliphatic carbocycles. The van der Waals surface area contributed by atoms with Gasteiger partial charge in [-0.25, -0.2) is 21.6 Å². The minimum absolute atomic E-state index is 0.00180. The molecule has 3 aromatic rings. The lowest BCUT2D eigenvalue weighted by molar-refractivity contribution is 0.0368. The number of aryl methyl sites for hydroxylation is 1. The van der Waals surface area contributed by atoms with Crippen LogP contribution in [0.4, 0.5) is 0 Å². The summed E-state index contributed by atoms with van der Waals surface area (Å²) in [5.41, 5.74) is 3.97. The van der Waals surface area contributed by atoms with E-state index in [0.717, 1.165) is 62.6 Å². The van der Waals surface area contributed by atoms with Crippen molar-refractivity contribution in [2.75, 3.05) is 45.6 Å². The molecule has 0 unspecified atom stereocenters. The van der Waals surface area contributed by atoms with Crippen molar-refractivity contribution in [2.45, 2.75) is 37.4 Å². The average molecular weight is 608 g/mol. The second-order valence-electron chi connectivity index (χ2n) is 10.1. The number of hydrogen-bond donors (Lipinski definition) is 1. The molecular formula is C27H34ClN5O5S2. The largest absolute Gasteiger partial charge is 0.379 e. The fourth-order valence-electron chi connectivity index (χ4n) is 5.15. The standard InChI is InChI=1S/C27H34ClN5O5S2/c1-39(34,35)32-13-10-26-24(20-32)27(30-33(26)12-5-11-31-14-16-38-17-15-31)21-8-9-25(28)22(18-21)19-29-40(36,37)23-6-3-2-4-7-23/h2-4,6-9,18,29H,5,10-17,19-20H2,1H3. The molecule has 40 heavy (non-hydrogen) atoms. The van der Waals surface area contributed by atoms with Crippen LogP contribution >= 0.6 is 11.6 Å². The molecule has 2 aromatic carbocycles. The highest BCUT2D eigenvalue weighted by Crippen LogP contribution is 2.33. The summed E-state index contributed by atoms with van der Waals surface area (Å²) in [5.74, 6) is 0. The van der Waals surface area contributed by atoms with Gasteiger partial charge in [-0.05, 0) is 36.2 Å². The SMILES string of the molecule is CS(=O)(=O)N1CCc2c(c(-c3ccc(Cl)c(CNS(=O)(=O)c4ccccc4)c3)nn2CCCN2CCOCC2)C1. The molecule has 0 radical (unpaired) electrons. The third-order valence-electron chi connectivity index (χ3n) is 7.34. The first-order valence-corrected chi connectivity index (χ1v) is 17.0. The summed E-state index contributed by atoms with van der Waals surface area (Å²) >= 11 is 6.47. The number of halogens is 1. The number of sulfonamides is 2. The highest BCUT2D eigenvalue weighted by atomic mass is 35.5. The van der Waals surface area contributed by atoms with Crippen LogP contribution in [-0.4, -0.2) is 81.5 Å². The van der Waals surface area contributed by atoms with E-state index in [1.165, 1.54) is 22.7 Å². The normalized spacial score (nSPS) is 17.1. The lowest BCUT2D eigenvalue weighted by atomic mass is 10.0. The van der Waals surface area contributed by atoms with Crippen molar-refractivity contribution in [3.8, 4) is 11.3 Å². The smallest absolute Gasteiger partial charge is 0.240 e. The van der Waals surface area contributed by atoms with E-state index in [1.807, 2.05) is 16.8 Å². The van der Waals surface area contributed by atoms with Crippen molar-refractivity contribution < 1.29 is 21.6 Å². The Morgan fingerprint density at radius 1 is 1.00 bits per heavy atom. The van der Waals surface area contributed by atoms with Crippen LogP contribution in [-0.2, 0) is 50.8 Å². The van der Waals surface area contributed by atoms with Crippen molar-refractivity contribution in [1.29, 1.82) is 0 Å². The molecule has 0 bridgehead atoms. The summed E-state index contributed by atoms with van der Waals surface area (Å²) in [6.07, 6.45) is 2.71. The molecule has 2 aliphatic heterocycles. The zero-order valence-electron chi connectivity index (χ0n) is 22.4. The zero-order valence-corrected chi connectivity index (χ0v) is 24.8. The molecule has 1 N–H and O–H groups in total. The molecule has 2 aliphatic rings. The summed E-state index contributed by atoms with van der Waals surface area (Å²) in [5, 5.41) is 5.39. The second kappa shape index (κ2) is 12.3. The Hall–Kier alpha value is -2.32. The molecule has 3 heterocycles. The Bertz CT molecular complexity index is 1560. The van der Waals surface area contributed by atoms with Crippen LogP contribution in [0, 0.1) is 0 Å². The summed E-state index contributed by atoms with van der Waals surface area (Å²) in [4.78, 5) is 2.56. The van der Waals surface area contributed by atoms with E-state index in [0.29, 0.717) is 29.2 Å². The maximum absolute atomic E-state index is 12.8. The zero-order chi connectivity index (χ0) is 28.3. The van der Waals surface area contributed by atoms with Gasteiger partial charge in [0.05, 0.1) is 30.1 Å². The van der Waals surface area contributed by atoms with E-state index in [1.54, 1.807) is 24.3 Å². The average Bonchev–Trinajstić information content (AvgIpc) is 3.31. The monoisotopic (exact) mass is 607 g/mol. The number of hydrogen-bond acceptors (Lipinski definition) is 7. The van der Waals surface area contributed by atoms with Crippen LogP contribution in [0.2, 0.25) is 5.02 Å². The van der Waals surface area contributed by atoms with Crippen LogP contribution in [0.1, 0.15) is 23.2 Å². The molecular weight excluding hydrogens is 574 g/mol. The second-order valence-corrected chi connectivity index (χ2v) is 14.3. The fourth-order valence-corrected chi connectivity index (χ4v) is 7.15. The molecule has 1 saturated heterocycles. The van der Waals surface area contributed by atoms with Crippen molar-refractivity contribution in [2.24, 2.45) is 0 Å². The first kappa shape index (κ1) is 29.2. The quantitative estimate of drug-likeness (QED) is 0.377. The van der Waals surface area contributed by atoms with Gasteiger partial charge in [0.25, 0.3) is 0 Å². The van der Waals surface area contributed by atoms with Gasteiger partial charge in [0.1, 0.15) is 0 Å². The number of benzene rings is 2. The third kappa shape index (κ3) is 6.76. The van der Waals surface area contributed by atoms with Gasteiger partial charge in [-0.15, -0.1) is 0 Å². The minimum Gasteiger partial charge on any atom is -0.379 e.